The Kier molecular flexibility index (Phi) is 2.41. The number of aryl methyl sites for hydroxylation is 1. The topological polar surface area (TPSA) is 50.7 Å². The van der Waals surface area contributed by atoms with Crippen LogP contribution >= 0.6 is 11.5 Å². The maximum atomic E-state index is 4.33. The summed E-state index contributed by atoms with van der Waals surface area (Å²) in [6.45, 7) is 2.00. The maximum Gasteiger partial charge on any atom is 0.202 e. The molecule has 14 heavy (non-hydrogen) atoms. The highest BCUT2D eigenvalue weighted by molar-refractivity contribution is 7.09. The van der Waals surface area contributed by atoms with Crippen LogP contribution in [0, 0.1) is 6.92 Å². The molecule has 0 saturated carbocycles. The third-order valence-electron chi connectivity index (χ3n) is 1.90. The number of aromatic nitrogens is 3. The van der Waals surface area contributed by atoms with E-state index in [1.54, 1.807) is 6.20 Å². The summed E-state index contributed by atoms with van der Waals surface area (Å²) in [6, 6.07) is 1.93. The Balaban J connectivity index is 2.44. The molecule has 0 aliphatic rings. The predicted molar refractivity (Wildman–Crippen MR) is 57.4 cm³/mol. The van der Waals surface area contributed by atoms with Gasteiger partial charge in [0, 0.05) is 36.5 Å². The van der Waals surface area contributed by atoms with E-state index in [0.29, 0.717) is 0 Å². The molecule has 0 saturated heterocycles. The molecule has 0 aliphatic carbocycles. The van der Waals surface area contributed by atoms with Crippen molar-refractivity contribution in [3.63, 3.8) is 0 Å². The zero-order chi connectivity index (χ0) is 9.97. The van der Waals surface area contributed by atoms with Crippen molar-refractivity contribution in [1.82, 2.24) is 14.3 Å². The highest BCUT2D eigenvalue weighted by atomic mass is 32.1. The van der Waals surface area contributed by atoms with Crippen LogP contribution in [-0.4, -0.2) is 21.4 Å². The van der Waals surface area contributed by atoms with Crippen molar-refractivity contribution < 1.29 is 0 Å². The van der Waals surface area contributed by atoms with Gasteiger partial charge in [0.15, 0.2) is 5.82 Å². The van der Waals surface area contributed by atoms with Gasteiger partial charge >= 0.3 is 0 Å². The molecule has 2 aromatic heterocycles. The molecule has 0 radical (unpaired) electrons. The first-order chi connectivity index (χ1) is 6.81. The minimum Gasteiger partial charge on any atom is -0.363 e. The van der Waals surface area contributed by atoms with E-state index in [0.717, 1.165) is 22.1 Å². The van der Waals surface area contributed by atoms with Crippen molar-refractivity contribution in [2.75, 3.05) is 12.4 Å². The smallest absolute Gasteiger partial charge is 0.202 e. The van der Waals surface area contributed by atoms with Crippen LogP contribution in [0.5, 0.6) is 0 Å². The third-order valence-corrected chi connectivity index (χ3v) is 2.63. The summed E-state index contributed by atoms with van der Waals surface area (Å²) in [4.78, 5) is 8.36. The van der Waals surface area contributed by atoms with E-state index in [-0.39, 0.29) is 0 Å². The van der Waals surface area contributed by atoms with Crippen LogP contribution in [0.25, 0.3) is 11.4 Å². The molecule has 72 valence electrons. The quantitative estimate of drug-likeness (QED) is 0.816. The zero-order valence-corrected chi connectivity index (χ0v) is 8.80. The predicted octanol–water partition coefficient (Wildman–Crippen LogP) is 1.95. The molecule has 5 heteroatoms. The van der Waals surface area contributed by atoms with E-state index >= 15 is 0 Å². The Bertz CT molecular complexity index is 438. The fourth-order valence-electron chi connectivity index (χ4n) is 1.16. The van der Waals surface area contributed by atoms with Gasteiger partial charge in [-0.2, -0.15) is 9.36 Å². The molecular formula is C9H10N4S. The second-order valence-electron chi connectivity index (χ2n) is 2.86. The van der Waals surface area contributed by atoms with Gasteiger partial charge < -0.3 is 5.32 Å². The Morgan fingerprint density at radius 3 is 2.93 bits per heavy atom. The molecular weight excluding hydrogens is 196 g/mol. The second kappa shape index (κ2) is 3.71. The van der Waals surface area contributed by atoms with Crippen LogP contribution in [-0.2, 0) is 0 Å². The fraction of sp³-hybridized carbons (Fsp3) is 0.222. The largest absolute Gasteiger partial charge is 0.363 e. The van der Waals surface area contributed by atoms with E-state index in [9.17, 15) is 0 Å². The molecule has 0 bridgehead atoms. The number of anilines is 1. The summed E-state index contributed by atoms with van der Waals surface area (Å²) in [5, 5.41) is 3.80. The molecule has 0 atom stereocenters. The van der Waals surface area contributed by atoms with Gasteiger partial charge in [0.2, 0.25) is 5.13 Å². The lowest BCUT2D eigenvalue weighted by Gasteiger charge is -1.98. The summed E-state index contributed by atoms with van der Waals surface area (Å²) in [5.74, 6) is 0.763. The molecule has 0 fully saturated rings. The van der Waals surface area contributed by atoms with Crippen molar-refractivity contribution in [2.45, 2.75) is 6.92 Å². The van der Waals surface area contributed by atoms with Gasteiger partial charge in [0.25, 0.3) is 0 Å². The van der Waals surface area contributed by atoms with E-state index in [1.165, 1.54) is 11.5 Å². The SMILES string of the molecule is CNc1nc(-c2ccncc2C)ns1. The van der Waals surface area contributed by atoms with Crippen molar-refractivity contribution in [3.05, 3.63) is 24.0 Å². The number of rotatable bonds is 2. The maximum absolute atomic E-state index is 4.33. The molecule has 2 aromatic rings. The minimum atomic E-state index is 0.763. The fourth-order valence-corrected chi connectivity index (χ4v) is 1.69. The van der Waals surface area contributed by atoms with Gasteiger partial charge in [0.05, 0.1) is 0 Å². The van der Waals surface area contributed by atoms with Crippen LogP contribution in [0.2, 0.25) is 0 Å². The monoisotopic (exact) mass is 206 g/mol. The van der Waals surface area contributed by atoms with Gasteiger partial charge in [-0.1, -0.05) is 0 Å². The van der Waals surface area contributed by atoms with Gasteiger partial charge in [0.1, 0.15) is 0 Å². The molecule has 0 unspecified atom stereocenters. The lowest BCUT2D eigenvalue weighted by molar-refractivity contribution is 1.23. The first kappa shape index (κ1) is 9.08. The summed E-state index contributed by atoms with van der Waals surface area (Å²) < 4.78 is 4.26. The highest BCUT2D eigenvalue weighted by Gasteiger charge is 2.07. The Hall–Kier alpha value is -1.49. The summed E-state index contributed by atoms with van der Waals surface area (Å²) in [5.41, 5.74) is 2.13. The van der Waals surface area contributed by atoms with Gasteiger partial charge in [-0.15, -0.1) is 0 Å². The normalized spacial score (nSPS) is 10.1. The first-order valence-electron chi connectivity index (χ1n) is 4.23. The van der Waals surface area contributed by atoms with Gasteiger partial charge in [-0.25, -0.2) is 0 Å². The van der Waals surface area contributed by atoms with Crippen LogP contribution in [0.15, 0.2) is 18.5 Å². The zero-order valence-electron chi connectivity index (χ0n) is 7.98. The molecule has 0 amide bonds. The van der Waals surface area contributed by atoms with Crippen molar-refractivity contribution in [1.29, 1.82) is 0 Å². The van der Waals surface area contributed by atoms with Crippen molar-refractivity contribution >= 4 is 16.7 Å². The number of hydrogen-bond acceptors (Lipinski definition) is 5. The van der Waals surface area contributed by atoms with E-state index in [1.807, 2.05) is 26.2 Å². The standard InChI is InChI=1S/C9H10N4S/c1-6-5-11-4-3-7(6)8-12-9(10-2)14-13-8/h3-5H,1-2H3,(H,10,12,13). The van der Waals surface area contributed by atoms with Crippen LogP contribution < -0.4 is 5.32 Å². The lowest BCUT2D eigenvalue weighted by Crippen LogP contribution is -1.88. The molecule has 0 spiro atoms. The Labute approximate surface area is 86.2 Å². The summed E-state index contributed by atoms with van der Waals surface area (Å²) in [7, 11) is 1.84. The average Bonchev–Trinajstić information content (AvgIpc) is 2.67. The first-order valence-corrected chi connectivity index (χ1v) is 5.01. The van der Waals surface area contributed by atoms with E-state index < -0.39 is 0 Å². The molecule has 2 rings (SSSR count). The van der Waals surface area contributed by atoms with Crippen LogP contribution in [0.4, 0.5) is 5.13 Å². The molecule has 2 heterocycles. The molecule has 1 N–H and O–H groups in total. The van der Waals surface area contributed by atoms with E-state index in [4.69, 9.17) is 0 Å². The van der Waals surface area contributed by atoms with Crippen molar-refractivity contribution in [2.24, 2.45) is 0 Å². The Morgan fingerprint density at radius 2 is 2.29 bits per heavy atom. The third kappa shape index (κ3) is 1.58. The number of nitrogens with one attached hydrogen (secondary N) is 1. The number of pyridine rings is 1. The van der Waals surface area contributed by atoms with Crippen LogP contribution in [0.3, 0.4) is 0 Å². The molecule has 4 nitrogen and oxygen atoms in total. The average molecular weight is 206 g/mol. The summed E-state index contributed by atoms with van der Waals surface area (Å²) in [6.07, 6.45) is 3.57. The lowest BCUT2D eigenvalue weighted by atomic mass is 10.1. The van der Waals surface area contributed by atoms with Crippen molar-refractivity contribution in [3.8, 4) is 11.4 Å². The van der Waals surface area contributed by atoms with Crippen LogP contribution in [0.1, 0.15) is 5.56 Å². The van der Waals surface area contributed by atoms with Gasteiger partial charge in [-0.3, -0.25) is 4.98 Å². The minimum absolute atomic E-state index is 0.763. The molecule has 0 aromatic carbocycles. The number of hydrogen-bond donors (Lipinski definition) is 1. The highest BCUT2D eigenvalue weighted by Crippen LogP contribution is 2.22. The second-order valence-corrected chi connectivity index (χ2v) is 3.62. The Morgan fingerprint density at radius 1 is 1.43 bits per heavy atom. The molecule has 0 aliphatic heterocycles. The number of nitrogens with zero attached hydrogens (tertiary/aromatic N) is 3. The van der Waals surface area contributed by atoms with Gasteiger partial charge in [-0.05, 0) is 18.6 Å². The summed E-state index contributed by atoms with van der Waals surface area (Å²) >= 11 is 1.36. The van der Waals surface area contributed by atoms with E-state index in [2.05, 4.69) is 19.7 Å².